The van der Waals surface area contributed by atoms with E-state index in [1.54, 1.807) is 6.20 Å². The van der Waals surface area contributed by atoms with Crippen LogP contribution in [-0.4, -0.2) is 34.2 Å². The van der Waals surface area contributed by atoms with Crippen LogP contribution < -0.4 is 5.32 Å². The number of rotatable bonds is 6. The van der Waals surface area contributed by atoms with Crippen molar-refractivity contribution in [2.75, 3.05) is 13.2 Å². The number of nitrogens with one attached hydrogen (secondary N) is 1. The molecule has 0 bridgehead atoms. The van der Waals surface area contributed by atoms with Crippen molar-refractivity contribution in [2.45, 2.75) is 51.7 Å². The van der Waals surface area contributed by atoms with Gasteiger partial charge in [0.2, 0.25) is 5.91 Å². The molecule has 0 radical (unpaired) electrons. The van der Waals surface area contributed by atoms with E-state index in [0.717, 1.165) is 31.7 Å². The molecule has 2 rings (SSSR count). The van der Waals surface area contributed by atoms with Gasteiger partial charge in [0.05, 0.1) is 5.60 Å². The number of imidazole rings is 1. The molecule has 1 aliphatic heterocycles. The Labute approximate surface area is 114 Å². The highest BCUT2D eigenvalue weighted by molar-refractivity contribution is 5.75. The SMILES string of the molecule is CCc1nccn1CCC(=O)NCC1(C)CCCO1. The minimum atomic E-state index is -0.167. The highest BCUT2D eigenvalue weighted by atomic mass is 16.5. The molecule has 1 aromatic heterocycles. The molecule has 0 aromatic carbocycles. The first-order valence-electron chi connectivity index (χ1n) is 7.03. The van der Waals surface area contributed by atoms with Crippen LogP contribution in [-0.2, 0) is 22.5 Å². The molecular formula is C14H23N3O2. The summed E-state index contributed by atoms with van der Waals surface area (Å²) in [4.78, 5) is 16.1. The van der Waals surface area contributed by atoms with E-state index in [4.69, 9.17) is 4.74 Å². The predicted octanol–water partition coefficient (Wildman–Crippen LogP) is 1.52. The summed E-state index contributed by atoms with van der Waals surface area (Å²) in [5, 5.41) is 2.97. The highest BCUT2D eigenvalue weighted by Crippen LogP contribution is 2.23. The van der Waals surface area contributed by atoms with E-state index < -0.39 is 0 Å². The fourth-order valence-corrected chi connectivity index (χ4v) is 2.43. The largest absolute Gasteiger partial charge is 0.373 e. The smallest absolute Gasteiger partial charge is 0.221 e. The van der Waals surface area contributed by atoms with Gasteiger partial charge in [-0.2, -0.15) is 0 Å². The van der Waals surface area contributed by atoms with Gasteiger partial charge >= 0.3 is 0 Å². The lowest BCUT2D eigenvalue weighted by Crippen LogP contribution is -2.40. The van der Waals surface area contributed by atoms with E-state index in [1.165, 1.54) is 0 Å². The zero-order valence-electron chi connectivity index (χ0n) is 11.8. The average molecular weight is 265 g/mol. The topological polar surface area (TPSA) is 56.2 Å². The van der Waals surface area contributed by atoms with Crippen molar-refractivity contribution in [1.82, 2.24) is 14.9 Å². The summed E-state index contributed by atoms with van der Waals surface area (Å²) in [6.07, 6.45) is 7.19. The maximum absolute atomic E-state index is 11.8. The van der Waals surface area contributed by atoms with Crippen molar-refractivity contribution in [3.63, 3.8) is 0 Å². The Morgan fingerprint density at radius 1 is 1.63 bits per heavy atom. The quantitative estimate of drug-likeness (QED) is 0.848. The number of carbonyl (C=O) groups excluding carboxylic acids is 1. The monoisotopic (exact) mass is 265 g/mol. The normalized spacial score (nSPS) is 22.6. The molecule has 5 heteroatoms. The van der Waals surface area contributed by atoms with Crippen molar-refractivity contribution in [3.8, 4) is 0 Å². The van der Waals surface area contributed by atoms with Crippen LogP contribution in [0.3, 0.4) is 0 Å². The van der Waals surface area contributed by atoms with Crippen LogP contribution in [0.25, 0.3) is 0 Å². The van der Waals surface area contributed by atoms with E-state index in [0.29, 0.717) is 19.5 Å². The van der Waals surface area contributed by atoms with Gasteiger partial charge in [-0.25, -0.2) is 4.98 Å². The van der Waals surface area contributed by atoms with E-state index in [-0.39, 0.29) is 11.5 Å². The van der Waals surface area contributed by atoms with Gasteiger partial charge in [-0.15, -0.1) is 0 Å². The molecule has 1 aliphatic rings. The molecule has 1 N–H and O–H groups in total. The van der Waals surface area contributed by atoms with Crippen LogP contribution in [0.4, 0.5) is 0 Å². The Kier molecular flexibility index (Phi) is 4.58. The lowest BCUT2D eigenvalue weighted by molar-refractivity contribution is -0.122. The van der Waals surface area contributed by atoms with Crippen LogP contribution in [0.2, 0.25) is 0 Å². The van der Waals surface area contributed by atoms with Crippen molar-refractivity contribution in [3.05, 3.63) is 18.2 Å². The second kappa shape index (κ2) is 6.19. The molecule has 106 valence electrons. The number of aryl methyl sites for hydroxylation is 2. The fourth-order valence-electron chi connectivity index (χ4n) is 2.43. The molecule has 1 fully saturated rings. The molecule has 5 nitrogen and oxygen atoms in total. The van der Waals surface area contributed by atoms with Crippen LogP contribution in [0.1, 0.15) is 38.9 Å². The van der Waals surface area contributed by atoms with Gasteiger partial charge in [0, 0.05) is 44.9 Å². The molecule has 0 aliphatic carbocycles. The Morgan fingerprint density at radius 3 is 3.16 bits per heavy atom. The van der Waals surface area contributed by atoms with Crippen LogP contribution in [0.15, 0.2) is 12.4 Å². The van der Waals surface area contributed by atoms with E-state index >= 15 is 0 Å². The third-order valence-corrected chi connectivity index (χ3v) is 3.66. The lowest BCUT2D eigenvalue weighted by atomic mass is 10.0. The van der Waals surface area contributed by atoms with E-state index in [2.05, 4.69) is 24.1 Å². The summed E-state index contributed by atoms with van der Waals surface area (Å²) in [7, 11) is 0. The average Bonchev–Trinajstić information content (AvgIpc) is 3.03. The van der Waals surface area contributed by atoms with Crippen molar-refractivity contribution >= 4 is 5.91 Å². The molecule has 1 atom stereocenters. The van der Waals surface area contributed by atoms with Gasteiger partial charge in [-0.05, 0) is 19.8 Å². The molecular weight excluding hydrogens is 242 g/mol. The lowest BCUT2D eigenvalue weighted by Gasteiger charge is -2.23. The first-order chi connectivity index (χ1) is 9.13. The molecule has 1 amide bonds. The molecule has 0 spiro atoms. The number of ether oxygens (including phenoxy) is 1. The second-order valence-electron chi connectivity index (χ2n) is 5.32. The van der Waals surface area contributed by atoms with Crippen LogP contribution in [0, 0.1) is 0 Å². The van der Waals surface area contributed by atoms with E-state index in [9.17, 15) is 4.79 Å². The summed E-state index contributed by atoms with van der Waals surface area (Å²) < 4.78 is 7.68. The summed E-state index contributed by atoms with van der Waals surface area (Å²) in [5.41, 5.74) is -0.167. The van der Waals surface area contributed by atoms with Crippen molar-refractivity contribution in [2.24, 2.45) is 0 Å². The molecule has 1 unspecified atom stereocenters. The predicted molar refractivity (Wildman–Crippen MR) is 72.8 cm³/mol. The Morgan fingerprint density at radius 2 is 2.47 bits per heavy atom. The number of aromatic nitrogens is 2. The van der Waals surface area contributed by atoms with Crippen molar-refractivity contribution in [1.29, 1.82) is 0 Å². The van der Waals surface area contributed by atoms with Gasteiger partial charge in [-0.1, -0.05) is 6.92 Å². The minimum Gasteiger partial charge on any atom is -0.373 e. The Balaban J connectivity index is 1.73. The third-order valence-electron chi connectivity index (χ3n) is 3.66. The number of amides is 1. The van der Waals surface area contributed by atoms with Crippen LogP contribution >= 0.6 is 0 Å². The summed E-state index contributed by atoms with van der Waals surface area (Å²) >= 11 is 0. The first-order valence-corrected chi connectivity index (χ1v) is 7.03. The molecule has 0 saturated carbocycles. The maximum atomic E-state index is 11.8. The Bertz CT molecular complexity index is 422. The molecule has 2 heterocycles. The van der Waals surface area contributed by atoms with Gasteiger partial charge in [0.25, 0.3) is 0 Å². The number of hydrogen-bond donors (Lipinski definition) is 1. The number of hydrogen-bond acceptors (Lipinski definition) is 3. The summed E-state index contributed by atoms with van der Waals surface area (Å²) in [6, 6.07) is 0. The maximum Gasteiger partial charge on any atom is 0.221 e. The standard InChI is InChI=1S/C14H23N3O2/c1-3-12-15-7-9-17(12)8-5-13(18)16-11-14(2)6-4-10-19-14/h7,9H,3-6,8,10-11H2,1-2H3,(H,16,18). The van der Waals surface area contributed by atoms with E-state index in [1.807, 2.05) is 10.8 Å². The fraction of sp³-hybridized carbons (Fsp3) is 0.714. The molecule has 19 heavy (non-hydrogen) atoms. The van der Waals surface area contributed by atoms with Crippen LogP contribution in [0.5, 0.6) is 0 Å². The van der Waals surface area contributed by atoms with Crippen molar-refractivity contribution < 1.29 is 9.53 Å². The minimum absolute atomic E-state index is 0.0764. The number of nitrogens with zero attached hydrogens (tertiary/aromatic N) is 2. The Hall–Kier alpha value is -1.36. The number of carbonyl (C=O) groups is 1. The van der Waals surface area contributed by atoms with Gasteiger partial charge < -0.3 is 14.6 Å². The highest BCUT2D eigenvalue weighted by Gasteiger charge is 2.29. The summed E-state index contributed by atoms with van der Waals surface area (Å²) in [6.45, 7) is 6.23. The zero-order valence-corrected chi connectivity index (χ0v) is 11.8. The molecule has 1 saturated heterocycles. The third kappa shape index (κ3) is 3.80. The van der Waals surface area contributed by atoms with Gasteiger partial charge in [0.15, 0.2) is 0 Å². The zero-order chi connectivity index (χ0) is 13.7. The second-order valence-corrected chi connectivity index (χ2v) is 5.32. The molecule has 1 aromatic rings. The van der Waals surface area contributed by atoms with Gasteiger partial charge in [-0.3, -0.25) is 4.79 Å². The first kappa shape index (κ1) is 14.1. The van der Waals surface area contributed by atoms with Gasteiger partial charge in [0.1, 0.15) is 5.82 Å². The summed E-state index contributed by atoms with van der Waals surface area (Å²) in [5.74, 6) is 1.10.